The molecule has 0 radical (unpaired) electrons. The average molecular weight is 498 g/mol. The van der Waals surface area contributed by atoms with Crippen LogP contribution in [0.4, 0.5) is 0 Å². The molecule has 1 aliphatic heterocycles. The number of nitrogens with two attached hydrogens (primary N) is 1. The van der Waals surface area contributed by atoms with Crippen LogP contribution in [0.25, 0.3) is 0 Å². The van der Waals surface area contributed by atoms with Crippen LogP contribution < -0.4 is 20.5 Å². The fraction of sp³-hybridized carbons (Fsp3) is 0.562. The Kier molecular flexibility index (Phi) is 9.44. The molecule has 3 N–H and O–H groups in total. The Morgan fingerprint density at radius 1 is 1.23 bits per heavy atom. The topological polar surface area (TPSA) is 106 Å². The van der Waals surface area contributed by atoms with Gasteiger partial charge in [-0.3, -0.25) is 4.90 Å². The molecule has 0 spiro atoms. The van der Waals surface area contributed by atoms with E-state index < -0.39 is 9.84 Å². The van der Waals surface area contributed by atoms with Crippen LogP contribution in [0.15, 0.2) is 23.2 Å². The lowest BCUT2D eigenvalue weighted by Crippen LogP contribution is -2.44. The van der Waals surface area contributed by atoms with Crippen molar-refractivity contribution in [2.45, 2.75) is 6.54 Å². The van der Waals surface area contributed by atoms with Crippen LogP contribution in [-0.2, 0) is 16.4 Å². The fourth-order valence-corrected chi connectivity index (χ4v) is 3.80. The van der Waals surface area contributed by atoms with Gasteiger partial charge in [0.25, 0.3) is 0 Å². The summed E-state index contributed by atoms with van der Waals surface area (Å²) in [5.41, 5.74) is 6.84. The van der Waals surface area contributed by atoms with Crippen molar-refractivity contribution in [2.24, 2.45) is 10.7 Å². The number of methoxy groups -OCH3 is 2. The van der Waals surface area contributed by atoms with Crippen molar-refractivity contribution >= 4 is 39.8 Å². The van der Waals surface area contributed by atoms with Gasteiger partial charge in [0, 0.05) is 26.2 Å². The monoisotopic (exact) mass is 498 g/mol. The molecule has 1 fully saturated rings. The van der Waals surface area contributed by atoms with Crippen molar-refractivity contribution in [3.05, 3.63) is 23.8 Å². The molecule has 0 unspecified atom stereocenters. The molecule has 8 nitrogen and oxygen atoms in total. The molecular weight excluding hydrogens is 471 g/mol. The number of hydrogen-bond donors (Lipinski definition) is 2. The van der Waals surface area contributed by atoms with Crippen molar-refractivity contribution in [3.8, 4) is 11.5 Å². The first kappa shape index (κ1) is 22.8. The quantitative estimate of drug-likeness (QED) is 0.320. The van der Waals surface area contributed by atoms with Gasteiger partial charge in [0.15, 0.2) is 27.3 Å². The van der Waals surface area contributed by atoms with E-state index in [2.05, 4.69) is 15.2 Å². The summed E-state index contributed by atoms with van der Waals surface area (Å²) < 4.78 is 33.2. The summed E-state index contributed by atoms with van der Waals surface area (Å²) in [5.74, 6) is 2.15. The zero-order valence-electron chi connectivity index (χ0n) is 15.1. The minimum absolute atomic E-state index is 0. The van der Waals surface area contributed by atoms with Crippen LogP contribution in [-0.4, -0.2) is 71.2 Å². The van der Waals surface area contributed by atoms with Crippen LogP contribution in [0.1, 0.15) is 5.56 Å². The predicted molar refractivity (Wildman–Crippen MR) is 113 cm³/mol. The second kappa shape index (κ2) is 10.8. The number of hydrogen-bond acceptors (Lipinski definition) is 6. The number of nitrogens with one attached hydrogen (secondary N) is 1. The largest absolute Gasteiger partial charge is 0.493 e. The van der Waals surface area contributed by atoms with Crippen molar-refractivity contribution in [3.63, 3.8) is 0 Å². The number of guanidine groups is 1. The van der Waals surface area contributed by atoms with Crippen LogP contribution in [0.5, 0.6) is 11.5 Å². The molecule has 1 aromatic carbocycles. The van der Waals surface area contributed by atoms with Gasteiger partial charge in [-0.25, -0.2) is 13.4 Å². The number of rotatable bonds is 7. The highest BCUT2D eigenvalue weighted by Crippen LogP contribution is 2.27. The van der Waals surface area contributed by atoms with Crippen molar-refractivity contribution in [1.29, 1.82) is 0 Å². The summed E-state index contributed by atoms with van der Waals surface area (Å²) >= 11 is 0. The van der Waals surface area contributed by atoms with Crippen molar-refractivity contribution in [1.82, 2.24) is 10.2 Å². The summed E-state index contributed by atoms with van der Waals surface area (Å²) in [6.07, 6.45) is 0. The lowest BCUT2D eigenvalue weighted by molar-refractivity contribution is 0.300. The maximum Gasteiger partial charge on any atom is 0.188 e. The molecule has 0 aliphatic carbocycles. The van der Waals surface area contributed by atoms with Crippen LogP contribution >= 0.6 is 24.0 Å². The summed E-state index contributed by atoms with van der Waals surface area (Å²) in [4.78, 5) is 6.41. The van der Waals surface area contributed by atoms with Gasteiger partial charge in [0.1, 0.15) is 0 Å². The van der Waals surface area contributed by atoms with E-state index in [1.165, 1.54) is 0 Å². The normalized spacial score (nSPS) is 17.2. The Hall–Kier alpha value is -1.27. The second-order valence-corrected chi connectivity index (χ2v) is 8.11. The van der Waals surface area contributed by atoms with E-state index in [1.807, 2.05) is 18.2 Å². The highest BCUT2D eigenvalue weighted by atomic mass is 127. The first-order valence-corrected chi connectivity index (χ1v) is 9.93. The van der Waals surface area contributed by atoms with E-state index in [9.17, 15) is 8.42 Å². The predicted octanol–water partition coefficient (Wildman–Crippen LogP) is 0.457. The second-order valence-electron chi connectivity index (χ2n) is 5.81. The molecule has 0 bridgehead atoms. The first-order chi connectivity index (χ1) is 11.9. The third kappa shape index (κ3) is 7.16. The number of benzene rings is 1. The van der Waals surface area contributed by atoms with E-state index in [1.54, 1.807) is 14.2 Å². The molecule has 10 heteroatoms. The smallest absolute Gasteiger partial charge is 0.188 e. The standard InChI is InChI=1S/C16H26N4O4S.HI/c1-23-14-4-3-13(11-15(14)24-2)12-19-16(17)18-5-6-20-7-9-25(21,22)10-8-20;/h3-4,11H,5-10,12H2,1-2H3,(H3,17,18,19);1H. The molecule has 0 amide bonds. The molecule has 2 rings (SSSR count). The summed E-state index contributed by atoms with van der Waals surface area (Å²) in [6.45, 7) is 2.95. The van der Waals surface area contributed by atoms with Crippen LogP contribution in [0.3, 0.4) is 0 Å². The lowest BCUT2D eigenvalue weighted by atomic mass is 10.2. The number of aliphatic imine (C=N–C) groups is 1. The Bertz CT molecular complexity index is 698. The average Bonchev–Trinajstić information content (AvgIpc) is 2.61. The number of ether oxygens (including phenoxy) is 2. The minimum Gasteiger partial charge on any atom is -0.493 e. The molecule has 1 aliphatic rings. The summed E-state index contributed by atoms with van der Waals surface area (Å²) in [5, 5.41) is 3.05. The third-order valence-electron chi connectivity index (χ3n) is 4.05. The Morgan fingerprint density at radius 3 is 2.50 bits per heavy atom. The van der Waals surface area contributed by atoms with Gasteiger partial charge in [0.2, 0.25) is 0 Å². The van der Waals surface area contributed by atoms with Gasteiger partial charge < -0.3 is 20.5 Å². The highest BCUT2D eigenvalue weighted by Gasteiger charge is 2.20. The Labute approximate surface area is 172 Å². The minimum atomic E-state index is -2.84. The molecular formula is C16H27IN4O4S. The molecule has 0 aromatic heterocycles. The zero-order chi connectivity index (χ0) is 18.3. The maximum atomic E-state index is 11.4. The Balaban J connectivity index is 0.00000338. The summed E-state index contributed by atoms with van der Waals surface area (Å²) in [7, 11) is 0.346. The SMILES string of the molecule is COc1ccc(CN=C(N)NCCN2CCS(=O)(=O)CC2)cc1OC.I. The van der Waals surface area contributed by atoms with Crippen LogP contribution in [0, 0.1) is 0 Å². The molecule has 1 heterocycles. The highest BCUT2D eigenvalue weighted by molar-refractivity contribution is 14.0. The third-order valence-corrected chi connectivity index (χ3v) is 5.66. The van der Waals surface area contributed by atoms with Crippen LogP contribution in [0.2, 0.25) is 0 Å². The Morgan fingerprint density at radius 2 is 1.88 bits per heavy atom. The lowest BCUT2D eigenvalue weighted by Gasteiger charge is -2.26. The van der Waals surface area contributed by atoms with E-state index in [0.717, 1.165) is 12.1 Å². The van der Waals surface area contributed by atoms with Gasteiger partial charge in [-0.15, -0.1) is 24.0 Å². The molecule has 1 saturated heterocycles. The van der Waals surface area contributed by atoms with Crippen molar-refractivity contribution in [2.75, 3.05) is 51.9 Å². The molecule has 26 heavy (non-hydrogen) atoms. The van der Waals surface area contributed by atoms with Gasteiger partial charge in [-0.2, -0.15) is 0 Å². The molecule has 0 saturated carbocycles. The van der Waals surface area contributed by atoms with E-state index in [-0.39, 0.29) is 35.5 Å². The first-order valence-electron chi connectivity index (χ1n) is 8.11. The van der Waals surface area contributed by atoms with Gasteiger partial charge in [-0.1, -0.05) is 6.07 Å². The maximum absolute atomic E-state index is 11.4. The number of halogens is 1. The fourth-order valence-electron chi connectivity index (χ4n) is 2.53. The van der Waals surface area contributed by atoms with Gasteiger partial charge in [-0.05, 0) is 17.7 Å². The summed E-state index contributed by atoms with van der Waals surface area (Å²) in [6, 6.07) is 5.60. The molecule has 0 atom stereocenters. The van der Waals surface area contributed by atoms with Gasteiger partial charge in [0.05, 0.1) is 32.3 Å². The van der Waals surface area contributed by atoms with E-state index in [4.69, 9.17) is 15.2 Å². The van der Waals surface area contributed by atoms with Gasteiger partial charge >= 0.3 is 0 Å². The van der Waals surface area contributed by atoms with E-state index >= 15 is 0 Å². The molecule has 148 valence electrons. The van der Waals surface area contributed by atoms with Crippen molar-refractivity contribution < 1.29 is 17.9 Å². The zero-order valence-corrected chi connectivity index (χ0v) is 18.2. The number of sulfone groups is 1. The van der Waals surface area contributed by atoms with E-state index in [0.29, 0.717) is 43.6 Å². The number of nitrogens with zero attached hydrogens (tertiary/aromatic N) is 2. The molecule has 1 aromatic rings.